The van der Waals surface area contributed by atoms with Gasteiger partial charge in [-0.25, -0.2) is 4.98 Å². The number of aromatic nitrogens is 3. The first-order valence-electron chi connectivity index (χ1n) is 9.35. The summed E-state index contributed by atoms with van der Waals surface area (Å²) < 4.78 is 9.53. The largest absolute Gasteiger partial charge is 0.508 e. The molecule has 0 aliphatic carbocycles. The summed E-state index contributed by atoms with van der Waals surface area (Å²) in [5.41, 5.74) is 2.00. The minimum absolute atomic E-state index is 0.144. The second-order valence-corrected chi connectivity index (χ2v) is 6.86. The van der Waals surface area contributed by atoms with Crippen molar-refractivity contribution in [2.24, 2.45) is 0 Å². The zero-order valence-corrected chi connectivity index (χ0v) is 15.4. The molecule has 1 atom stereocenters. The maximum atomic E-state index is 10.7. The van der Waals surface area contributed by atoms with Crippen molar-refractivity contribution in [2.75, 3.05) is 0 Å². The fourth-order valence-corrected chi connectivity index (χ4v) is 3.65. The van der Waals surface area contributed by atoms with Gasteiger partial charge in [-0.05, 0) is 43.0 Å². The molecular weight excluding hydrogens is 358 g/mol. The Balaban J connectivity index is 1.72. The van der Waals surface area contributed by atoms with E-state index in [9.17, 15) is 15.3 Å². The molecule has 3 N–H and O–H groups in total. The van der Waals surface area contributed by atoms with Gasteiger partial charge in [-0.2, -0.15) is 0 Å². The summed E-state index contributed by atoms with van der Waals surface area (Å²) in [6.07, 6.45) is 11.1. The van der Waals surface area contributed by atoms with Crippen LogP contribution >= 0.6 is 0 Å². The minimum atomic E-state index is -0.270. The van der Waals surface area contributed by atoms with Crippen LogP contribution in [0.1, 0.15) is 31.1 Å². The number of aromatic hydroxyl groups is 3. The van der Waals surface area contributed by atoms with Crippen LogP contribution < -0.4 is 0 Å². The summed E-state index contributed by atoms with van der Waals surface area (Å²) in [6.45, 7) is 1.27. The highest BCUT2D eigenvalue weighted by molar-refractivity contribution is 5.77. The first-order chi connectivity index (χ1) is 13.6. The van der Waals surface area contributed by atoms with Gasteiger partial charge in [0, 0.05) is 25.5 Å². The van der Waals surface area contributed by atoms with E-state index >= 15 is 0 Å². The number of nitrogens with zero attached hydrogens (tertiary/aromatic N) is 3. The predicted molar refractivity (Wildman–Crippen MR) is 104 cm³/mol. The number of hydrogen-bond donors (Lipinski definition) is 3. The minimum Gasteiger partial charge on any atom is -0.508 e. The SMILES string of the molecule is Oc1ccc(-c2c(O)c(O)n(CCCn3ccnc3)c2C2CCC=CO2)cc1. The lowest BCUT2D eigenvalue weighted by Crippen LogP contribution is -2.13. The third-order valence-electron chi connectivity index (χ3n) is 5.00. The van der Waals surface area contributed by atoms with E-state index in [-0.39, 0.29) is 23.5 Å². The van der Waals surface area contributed by atoms with E-state index in [4.69, 9.17) is 4.74 Å². The van der Waals surface area contributed by atoms with Crippen molar-refractivity contribution in [3.8, 4) is 28.5 Å². The standard InChI is InChI=1S/C21H23N3O4/c25-16-7-5-15(6-8-16)18-19(17-4-1-2-13-28-17)24(21(27)20(18)26)11-3-10-23-12-9-22-14-23/h2,5-9,12-14,17,25-27H,1,3-4,10-11H2. The second-order valence-electron chi connectivity index (χ2n) is 6.86. The van der Waals surface area contributed by atoms with E-state index in [0.29, 0.717) is 17.7 Å². The lowest BCUT2D eigenvalue weighted by atomic mass is 9.99. The van der Waals surface area contributed by atoms with Gasteiger partial charge < -0.3 is 29.2 Å². The number of phenols is 1. The number of ether oxygens (including phenoxy) is 1. The summed E-state index contributed by atoms with van der Waals surface area (Å²) in [5, 5.41) is 31.0. The second kappa shape index (κ2) is 7.72. The van der Waals surface area contributed by atoms with Gasteiger partial charge in [0.15, 0.2) is 5.75 Å². The van der Waals surface area contributed by atoms with E-state index in [2.05, 4.69) is 4.98 Å². The van der Waals surface area contributed by atoms with E-state index in [0.717, 1.165) is 31.5 Å². The zero-order chi connectivity index (χ0) is 19.5. The molecule has 1 unspecified atom stereocenters. The van der Waals surface area contributed by atoms with Crippen LogP contribution in [0, 0.1) is 0 Å². The van der Waals surface area contributed by atoms with Crippen LogP contribution in [0.5, 0.6) is 17.4 Å². The highest BCUT2D eigenvalue weighted by Crippen LogP contribution is 2.47. The Morgan fingerprint density at radius 1 is 1.11 bits per heavy atom. The molecular formula is C21H23N3O4. The van der Waals surface area contributed by atoms with Crippen molar-refractivity contribution in [2.45, 2.75) is 38.5 Å². The van der Waals surface area contributed by atoms with Crippen LogP contribution in [0.15, 0.2) is 55.3 Å². The molecule has 7 heteroatoms. The molecule has 0 spiro atoms. The van der Waals surface area contributed by atoms with Gasteiger partial charge in [0.05, 0.1) is 23.8 Å². The molecule has 3 heterocycles. The quantitative estimate of drug-likeness (QED) is 0.602. The molecule has 0 amide bonds. The van der Waals surface area contributed by atoms with Crippen molar-refractivity contribution < 1.29 is 20.1 Å². The number of allylic oxidation sites excluding steroid dienone is 1. The van der Waals surface area contributed by atoms with Crippen LogP contribution in [-0.4, -0.2) is 29.4 Å². The van der Waals surface area contributed by atoms with E-state index in [1.54, 1.807) is 47.6 Å². The Morgan fingerprint density at radius 2 is 1.93 bits per heavy atom. The maximum Gasteiger partial charge on any atom is 0.235 e. The number of hydrogen-bond acceptors (Lipinski definition) is 5. The molecule has 1 aliphatic heterocycles. The fourth-order valence-electron chi connectivity index (χ4n) is 3.65. The molecule has 1 aliphatic rings. The van der Waals surface area contributed by atoms with Gasteiger partial charge in [-0.1, -0.05) is 12.1 Å². The summed E-state index contributed by atoms with van der Waals surface area (Å²) in [6, 6.07) is 6.57. The Hall–Kier alpha value is -3.35. The number of phenolic OH excluding ortho intramolecular Hbond substituents is 1. The monoisotopic (exact) mass is 381 g/mol. The molecule has 7 nitrogen and oxygen atoms in total. The fraction of sp³-hybridized carbons (Fsp3) is 0.286. The molecule has 1 aromatic carbocycles. The molecule has 146 valence electrons. The van der Waals surface area contributed by atoms with Gasteiger partial charge in [-0.15, -0.1) is 0 Å². The van der Waals surface area contributed by atoms with E-state index < -0.39 is 0 Å². The smallest absolute Gasteiger partial charge is 0.235 e. The van der Waals surface area contributed by atoms with Crippen molar-refractivity contribution in [3.05, 3.63) is 61.0 Å². The molecule has 4 rings (SSSR count). The maximum absolute atomic E-state index is 10.7. The van der Waals surface area contributed by atoms with Crippen LogP contribution in [0.3, 0.4) is 0 Å². The summed E-state index contributed by atoms with van der Waals surface area (Å²) in [5.74, 6) is -0.186. The lowest BCUT2D eigenvalue weighted by Gasteiger charge is -2.23. The molecule has 2 aromatic heterocycles. The van der Waals surface area contributed by atoms with Crippen LogP contribution in [-0.2, 0) is 17.8 Å². The molecule has 0 fully saturated rings. The third-order valence-corrected chi connectivity index (χ3v) is 5.00. The average Bonchev–Trinajstić information content (AvgIpc) is 3.32. The lowest BCUT2D eigenvalue weighted by molar-refractivity contribution is 0.117. The molecule has 0 radical (unpaired) electrons. The van der Waals surface area contributed by atoms with Crippen LogP contribution in [0.25, 0.3) is 11.1 Å². The highest BCUT2D eigenvalue weighted by atomic mass is 16.5. The zero-order valence-electron chi connectivity index (χ0n) is 15.4. The first kappa shape index (κ1) is 18.0. The molecule has 28 heavy (non-hydrogen) atoms. The van der Waals surface area contributed by atoms with Crippen molar-refractivity contribution in [1.29, 1.82) is 0 Å². The van der Waals surface area contributed by atoms with Crippen molar-refractivity contribution in [1.82, 2.24) is 14.1 Å². The Morgan fingerprint density at radius 3 is 2.61 bits per heavy atom. The predicted octanol–water partition coefficient (Wildman–Crippen LogP) is 3.92. The van der Waals surface area contributed by atoms with E-state index in [1.807, 2.05) is 16.8 Å². The number of aryl methyl sites for hydroxylation is 1. The van der Waals surface area contributed by atoms with E-state index in [1.165, 1.54) is 0 Å². The van der Waals surface area contributed by atoms with Crippen LogP contribution in [0.4, 0.5) is 0 Å². The Kier molecular flexibility index (Phi) is 4.97. The van der Waals surface area contributed by atoms with Gasteiger partial charge in [0.2, 0.25) is 5.88 Å². The Bertz CT molecular complexity index is 959. The number of benzene rings is 1. The number of rotatable bonds is 6. The highest BCUT2D eigenvalue weighted by Gasteiger charge is 2.30. The number of imidazole rings is 1. The van der Waals surface area contributed by atoms with Crippen molar-refractivity contribution >= 4 is 0 Å². The molecule has 0 saturated heterocycles. The Labute approximate surface area is 162 Å². The summed E-state index contributed by atoms with van der Waals surface area (Å²) in [4.78, 5) is 4.04. The normalized spacial score (nSPS) is 16.2. The first-order valence-corrected chi connectivity index (χ1v) is 9.35. The average molecular weight is 381 g/mol. The summed E-state index contributed by atoms with van der Waals surface area (Å²) >= 11 is 0. The summed E-state index contributed by atoms with van der Waals surface area (Å²) in [7, 11) is 0. The van der Waals surface area contributed by atoms with Gasteiger partial charge in [0.1, 0.15) is 11.9 Å². The van der Waals surface area contributed by atoms with Crippen LogP contribution in [0.2, 0.25) is 0 Å². The molecule has 0 bridgehead atoms. The molecule has 3 aromatic rings. The van der Waals surface area contributed by atoms with Gasteiger partial charge in [0.25, 0.3) is 0 Å². The third kappa shape index (κ3) is 3.43. The van der Waals surface area contributed by atoms with Crippen molar-refractivity contribution in [3.63, 3.8) is 0 Å². The molecule has 0 saturated carbocycles. The van der Waals surface area contributed by atoms with Gasteiger partial charge >= 0.3 is 0 Å². The van der Waals surface area contributed by atoms with Gasteiger partial charge in [-0.3, -0.25) is 0 Å². The topological polar surface area (TPSA) is 92.7 Å².